The summed E-state index contributed by atoms with van der Waals surface area (Å²) in [5.74, 6) is 0.850. The molecule has 0 fully saturated rings. The minimum Gasteiger partial charge on any atom is -0.424 e. The van der Waals surface area contributed by atoms with Gasteiger partial charge in [0.15, 0.2) is 0 Å². The van der Waals surface area contributed by atoms with Crippen LogP contribution in [-0.4, -0.2) is 48.6 Å². The van der Waals surface area contributed by atoms with Crippen molar-refractivity contribution < 1.29 is 17.6 Å². The zero-order valence-electron chi connectivity index (χ0n) is 15.4. The molecule has 0 spiro atoms. The summed E-state index contributed by atoms with van der Waals surface area (Å²) in [5, 5.41) is 18.0. The highest BCUT2D eigenvalue weighted by Gasteiger charge is 2.33. The maximum Gasteiger partial charge on any atom is 0.235 e. The number of rotatable bonds is 11. The van der Waals surface area contributed by atoms with Crippen LogP contribution in [0.2, 0.25) is 0 Å². The molecular weight excluding hydrogens is 378 g/mol. The molecule has 2 aromatic heterocycles. The Bertz CT molecular complexity index is 788. The predicted octanol–water partition coefficient (Wildman–Crippen LogP) is 2.49. The Balaban J connectivity index is 2.01. The quantitative estimate of drug-likeness (QED) is 0.564. The van der Waals surface area contributed by atoms with Gasteiger partial charge in [-0.3, -0.25) is 0 Å². The SMILES string of the molecule is CCOCCCNc1nnc(S(=O)(=O)[C@@H](C)c2nnc(CC(C)C)o2)s1. The first-order valence-electron chi connectivity index (χ1n) is 8.55. The number of nitrogens with one attached hydrogen (secondary N) is 1. The van der Waals surface area contributed by atoms with Crippen molar-refractivity contribution in [2.45, 2.75) is 50.1 Å². The first-order valence-corrected chi connectivity index (χ1v) is 10.9. The highest BCUT2D eigenvalue weighted by Crippen LogP contribution is 2.31. The molecule has 146 valence electrons. The molecule has 9 nitrogen and oxygen atoms in total. The van der Waals surface area contributed by atoms with Crippen LogP contribution in [0.25, 0.3) is 0 Å². The number of aromatic nitrogens is 4. The van der Waals surface area contributed by atoms with Gasteiger partial charge in [-0.25, -0.2) is 8.42 Å². The molecule has 1 atom stereocenters. The van der Waals surface area contributed by atoms with E-state index in [-0.39, 0.29) is 10.2 Å². The summed E-state index contributed by atoms with van der Waals surface area (Å²) >= 11 is 0.992. The number of nitrogens with zero attached hydrogens (tertiary/aromatic N) is 4. The molecule has 0 unspecified atom stereocenters. The van der Waals surface area contributed by atoms with E-state index in [2.05, 4.69) is 25.7 Å². The molecule has 2 aromatic rings. The second kappa shape index (κ2) is 9.38. The zero-order valence-corrected chi connectivity index (χ0v) is 17.1. The molecule has 0 saturated heterocycles. The van der Waals surface area contributed by atoms with E-state index in [9.17, 15) is 8.42 Å². The molecule has 0 aliphatic heterocycles. The van der Waals surface area contributed by atoms with E-state index in [4.69, 9.17) is 9.15 Å². The Kier molecular flexibility index (Phi) is 7.47. The molecule has 11 heteroatoms. The second-order valence-corrected chi connectivity index (χ2v) is 9.59. The Morgan fingerprint density at radius 3 is 2.65 bits per heavy atom. The lowest BCUT2D eigenvalue weighted by atomic mass is 10.1. The fourth-order valence-corrected chi connectivity index (χ4v) is 4.51. The number of ether oxygens (including phenoxy) is 1. The Morgan fingerprint density at radius 2 is 1.96 bits per heavy atom. The summed E-state index contributed by atoms with van der Waals surface area (Å²) in [6, 6.07) is 0. The average Bonchev–Trinajstić information content (AvgIpc) is 3.23. The maximum absolute atomic E-state index is 12.7. The van der Waals surface area contributed by atoms with Crippen LogP contribution in [0.15, 0.2) is 8.76 Å². The fraction of sp³-hybridized carbons (Fsp3) is 0.733. The minimum absolute atomic E-state index is 0.0686. The van der Waals surface area contributed by atoms with Crippen LogP contribution in [0.3, 0.4) is 0 Å². The third-order valence-corrected chi connectivity index (χ3v) is 6.80. The highest BCUT2D eigenvalue weighted by molar-refractivity contribution is 7.93. The van der Waals surface area contributed by atoms with Crippen LogP contribution in [0.5, 0.6) is 0 Å². The first kappa shape index (κ1) is 20.7. The molecule has 2 heterocycles. The summed E-state index contributed by atoms with van der Waals surface area (Å²) in [7, 11) is -3.74. The monoisotopic (exact) mass is 403 g/mol. The van der Waals surface area contributed by atoms with Crippen LogP contribution < -0.4 is 5.32 Å². The fourth-order valence-electron chi connectivity index (χ4n) is 2.06. The lowest BCUT2D eigenvalue weighted by Crippen LogP contribution is -2.11. The zero-order chi connectivity index (χ0) is 19.2. The topological polar surface area (TPSA) is 120 Å². The predicted molar refractivity (Wildman–Crippen MR) is 97.9 cm³/mol. The van der Waals surface area contributed by atoms with Crippen LogP contribution >= 0.6 is 11.3 Å². The Labute approximate surface area is 157 Å². The van der Waals surface area contributed by atoms with Gasteiger partial charge < -0.3 is 14.5 Å². The van der Waals surface area contributed by atoms with E-state index in [0.29, 0.717) is 43.1 Å². The Morgan fingerprint density at radius 1 is 1.19 bits per heavy atom. The van der Waals surface area contributed by atoms with Crippen molar-refractivity contribution in [3.8, 4) is 0 Å². The maximum atomic E-state index is 12.7. The van der Waals surface area contributed by atoms with Gasteiger partial charge >= 0.3 is 0 Å². The van der Waals surface area contributed by atoms with Crippen molar-refractivity contribution in [1.82, 2.24) is 20.4 Å². The molecule has 1 N–H and O–H groups in total. The van der Waals surface area contributed by atoms with Crippen molar-refractivity contribution in [2.24, 2.45) is 5.92 Å². The standard InChI is InChI=1S/C15H25N5O4S2/c1-5-23-8-6-7-16-14-19-20-15(25-14)26(21,22)11(4)13-18-17-12(24-13)9-10(2)3/h10-11H,5-9H2,1-4H3,(H,16,19)/t11-/m0/s1. The van der Waals surface area contributed by atoms with Crippen molar-refractivity contribution >= 4 is 26.3 Å². The number of hydrogen-bond donors (Lipinski definition) is 1. The van der Waals surface area contributed by atoms with Gasteiger partial charge in [0.25, 0.3) is 0 Å². The highest BCUT2D eigenvalue weighted by atomic mass is 32.2. The van der Waals surface area contributed by atoms with Gasteiger partial charge in [0.1, 0.15) is 5.25 Å². The summed E-state index contributed by atoms with van der Waals surface area (Å²) in [6.45, 7) is 9.44. The van der Waals surface area contributed by atoms with Crippen molar-refractivity contribution in [3.63, 3.8) is 0 Å². The molecule has 0 aromatic carbocycles. The van der Waals surface area contributed by atoms with E-state index < -0.39 is 15.1 Å². The molecule has 2 rings (SSSR count). The summed E-state index contributed by atoms with van der Waals surface area (Å²) in [6.07, 6.45) is 1.40. The summed E-state index contributed by atoms with van der Waals surface area (Å²) in [5.41, 5.74) is 0. The van der Waals surface area contributed by atoms with E-state index in [0.717, 1.165) is 17.8 Å². The molecule has 0 aliphatic carbocycles. The smallest absolute Gasteiger partial charge is 0.235 e. The molecule has 0 bridgehead atoms. The molecule has 0 amide bonds. The Hall–Kier alpha value is -1.59. The normalized spacial score (nSPS) is 13.3. The van der Waals surface area contributed by atoms with Crippen LogP contribution in [-0.2, 0) is 21.0 Å². The summed E-state index contributed by atoms with van der Waals surface area (Å²) in [4.78, 5) is 0. The third-order valence-electron chi connectivity index (χ3n) is 3.47. The molecular formula is C15H25N5O4S2. The number of hydrogen-bond acceptors (Lipinski definition) is 10. The first-order chi connectivity index (χ1) is 12.3. The van der Waals surface area contributed by atoms with Crippen molar-refractivity contribution in [3.05, 3.63) is 11.8 Å². The van der Waals surface area contributed by atoms with Gasteiger partial charge in [-0.2, -0.15) is 0 Å². The summed E-state index contributed by atoms with van der Waals surface area (Å²) < 4.78 is 36.1. The van der Waals surface area contributed by atoms with Gasteiger partial charge in [0.2, 0.25) is 31.1 Å². The van der Waals surface area contributed by atoms with Gasteiger partial charge in [-0.05, 0) is 26.2 Å². The van der Waals surface area contributed by atoms with Gasteiger partial charge in [-0.15, -0.1) is 20.4 Å². The van der Waals surface area contributed by atoms with Gasteiger partial charge in [-0.1, -0.05) is 25.2 Å². The van der Waals surface area contributed by atoms with E-state index >= 15 is 0 Å². The van der Waals surface area contributed by atoms with Crippen LogP contribution in [0, 0.1) is 5.92 Å². The molecule has 0 radical (unpaired) electrons. The van der Waals surface area contributed by atoms with E-state index in [1.54, 1.807) is 0 Å². The van der Waals surface area contributed by atoms with E-state index in [1.165, 1.54) is 6.92 Å². The largest absolute Gasteiger partial charge is 0.424 e. The molecule has 26 heavy (non-hydrogen) atoms. The van der Waals surface area contributed by atoms with Crippen LogP contribution in [0.1, 0.15) is 51.1 Å². The van der Waals surface area contributed by atoms with Crippen LogP contribution in [0.4, 0.5) is 5.13 Å². The average molecular weight is 404 g/mol. The minimum atomic E-state index is -3.74. The van der Waals surface area contributed by atoms with Gasteiger partial charge in [0.05, 0.1) is 0 Å². The lowest BCUT2D eigenvalue weighted by Gasteiger charge is -2.05. The van der Waals surface area contributed by atoms with Crippen molar-refractivity contribution in [2.75, 3.05) is 25.1 Å². The number of anilines is 1. The van der Waals surface area contributed by atoms with Crippen molar-refractivity contribution in [1.29, 1.82) is 0 Å². The molecule has 0 aliphatic rings. The molecule has 0 saturated carbocycles. The van der Waals surface area contributed by atoms with E-state index in [1.807, 2.05) is 20.8 Å². The van der Waals surface area contributed by atoms with Gasteiger partial charge in [0, 0.05) is 26.2 Å². The second-order valence-electron chi connectivity index (χ2n) is 6.17. The third kappa shape index (κ3) is 5.45. The number of sulfone groups is 1. The lowest BCUT2D eigenvalue weighted by molar-refractivity contribution is 0.147.